The van der Waals surface area contributed by atoms with Crippen LogP contribution in [0.4, 0.5) is 4.39 Å². The van der Waals surface area contributed by atoms with Gasteiger partial charge in [0, 0.05) is 25.6 Å². The van der Waals surface area contributed by atoms with Gasteiger partial charge in [-0.1, -0.05) is 6.07 Å². The Morgan fingerprint density at radius 3 is 2.85 bits per heavy atom. The quantitative estimate of drug-likeness (QED) is 0.888. The van der Waals surface area contributed by atoms with Gasteiger partial charge in [-0.3, -0.25) is 4.90 Å². The average molecular weight is 359 g/mol. The summed E-state index contributed by atoms with van der Waals surface area (Å²) < 4.78 is 21.6. The second-order valence-corrected chi connectivity index (χ2v) is 7.05. The van der Waals surface area contributed by atoms with Gasteiger partial charge in [0.05, 0.1) is 13.2 Å². The number of rotatable bonds is 5. The minimum atomic E-state index is -0.275. The van der Waals surface area contributed by atoms with Crippen LogP contribution in [0.15, 0.2) is 18.2 Å². The van der Waals surface area contributed by atoms with Crippen molar-refractivity contribution in [2.75, 3.05) is 26.2 Å². The lowest BCUT2D eigenvalue weighted by Crippen LogP contribution is -2.34. The van der Waals surface area contributed by atoms with Gasteiger partial charge in [0.15, 0.2) is 11.6 Å². The van der Waals surface area contributed by atoms with Gasteiger partial charge in [-0.2, -0.15) is 0 Å². The zero-order valence-electron chi connectivity index (χ0n) is 15.2. The van der Waals surface area contributed by atoms with Crippen LogP contribution in [0.1, 0.15) is 42.9 Å². The number of likely N-dealkylation sites (tertiary alicyclic amines) is 1. The zero-order chi connectivity index (χ0) is 17.9. The first kappa shape index (κ1) is 17.4. The molecule has 26 heavy (non-hydrogen) atoms. The molecule has 0 radical (unpaired) electrons. The Balaban J connectivity index is 1.35. The van der Waals surface area contributed by atoms with Gasteiger partial charge in [0.1, 0.15) is 11.6 Å². The van der Waals surface area contributed by atoms with Gasteiger partial charge in [0.2, 0.25) is 0 Å². The molecule has 0 amide bonds. The molecule has 2 aliphatic heterocycles. The van der Waals surface area contributed by atoms with Crippen molar-refractivity contribution >= 4 is 0 Å². The molecule has 7 heteroatoms. The van der Waals surface area contributed by atoms with Crippen LogP contribution in [0.2, 0.25) is 0 Å². The van der Waals surface area contributed by atoms with E-state index in [-0.39, 0.29) is 5.82 Å². The third-order valence-corrected chi connectivity index (χ3v) is 5.31. The predicted molar refractivity (Wildman–Crippen MR) is 96.5 cm³/mol. The molecule has 2 aliphatic rings. The average Bonchev–Trinajstić information content (AvgIpc) is 3.09. The summed E-state index contributed by atoms with van der Waals surface area (Å²) in [7, 11) is 0. The molecule has 4 rings (SSSR count). The second kappa shape index (κ2) is 7.72. The summed E-state index contributed by atoms with van der Waals surface area (Å²) in [5.74, 6) is 2.73. The Morgan fingerprint density at radius 2 is 2.08 bits per heavy atom. The summed E-state index contributed by atoms with van der Waals surface area (Å²) in [6, 6.07) is 5.29. The van der Waals surface area contributed by atoms with Crippen LogP contribution in [0.3, 0.4) is 0 Å². The molecular formula is C19H26FN5O. The molecule has 1 aromatic heterocycles. The van der Waals surface area contributed by atoms with Crippen LogP contribution < -0.4 is 10.1 Å². The van der Waals surface area contributed by atoms with Crippen molar-refractivity contribution in [1.29, 1.82) is 0 Å². The summed E-state index contributed by atoms with van der Waals surface area (Å²) in [4.78, 5) is 2.39. The van der Waals surface area contributed by atoms with E-state index < -0.39 is 0 Å². The van der Waals surface area contributed by atoms with E-state index in [1.807, 2.05) is 13.0 Å². The molecule has 1 N–H and O–H groups in total. The van der Waals surface area contributed by atoms with E-state index in [0.29, 0.717) is 18.3 Å². The predicted octanol–water partition coefficient (Wildman–Crippen LogP) is 2.30. The molecule has 0 aliphatic carbocycles. The van der Waals surface area contributed by atoms with Crippen molar-refractivity contribution in [1.82, 2.24) is 25.0 Å². The van der Waals surface area contributed by atoms with Gasteiger partial charge in [-0.15, -0.1) is 10.2 Å². The maximum absolute atomic E-state index is 14.0. The Bertz CT molecular complexity index is 754. The van der Waals surface area contributed by atoms with E-state index >= 15 is 0 Å². The summed E-state index contributed by atoms with van der Waals surface area (Å²) in [5, 5.41) is 12.1. The normalized spacial score (nSPS) is 18.7. The molecule has 2 aromatic rings. The smallest absolute Gasteiger partial charge is 0.165 e. The maximum Gasteiger partial charge on any atom is 0.165 e. The molecule has 0 atom stereocenters. The monoisotopic (exact) mass is 359 g/mol. The topological polar surface area (TPSA) is 55.2 Å². The molecular weight excluding hydrogens is 333 g/mol. The Hall–Kier alpha value is -1.99. The highest BCUT2D eigenvalue weighted by atomic mass is 19.1. The lowest BCUT2D eigenvalue weighted by Gasteiger charge is -2.32. The first-order valence-electron chi connectivity index (χ1n) is 9.51. The van der Waals surface area contributed by atoms with Gasteiger partial charge < -0.3 is 14.6 Å². The van der Waals surface area contributed by atoms with E-state index in [0.717, 1.165) is 69.3 Å². The number of benzene rings is 1. The van der Waals surface area contributed by atoms with E-state index in [9.17, 15) is 4.39 Å². The summed E-state index contributed by atoms with van der Waals surface area (Å²) >= 11 is 0. The van der Waals surface area contributed by atoms with Crippen LogP contribution in [-0.2, 0) is 19.6 Å². The minimum absolute atomic E-state index is 0.275. The van der Waals surface area contributed by atoms with Crippen LogP contribution >= 0.6 is 0 Å². The van der Waals surface area contributed by atoms with Crippen LogP contribution in [0.5, 0.6) is 5.75 Å². The van der Waals surface area contributed by atoms with Gasteiger partial charge in [-0.25, -0.2) is 4.39 Å². The Labute approximate surface area is 153 Å². The highest BCUT2D eigenvalue weighted by Crippen LogP contribution is 2.29. The highest BCUT2D eigenvalue weighted by molar-refractivity contribution is 5.29. The lowest BCUT2D eigenvalue weighted by atomic mass is 9.95. The molecule has 1 aromatic carbocycles. The fourth-order valence-electron chi connectivity index (χ4n) is 3.94. The molecule has 1 saturated heterocycles. The maximum atomic E-state index is 14.0. The highest BCUT2D eigenvalue weighted by Gasteiger charge is 2.27. The third-order valence-electron chi connectivity index (χ3n) is 5.31. The Morgan fingerprint density at radius 1 is 1.23 bits per heavy atom. The number of nitrogens with zero attached hydrogens (tertiary/aromatic N) is 4. The number of ether oxygens (including phenoxy) is 1. The lowest BCUT2D eigenvalue weighted by molar-refractivity contribution is 0.199. The second-order valence-electron chi connectivity index (χ2n) is 7.05. The van der Waals surface area contributed by atoms with Gasteiger partial charge in [-0.05, 0) is 50.6 Å². The number of aromatic nitrogens is 3. The van der Waals surface area contributed by atoms with E-state index in [1.165, 1.54) is 0 Å². The van der Waals surface area contributed by atoms with Crippen LogP contribution in [0, 0.1) is 5.82 Å². The summed E-state index contributed by atoms with van der Waals surface area (Å²) in [6.07, 6.45) is 2.15. The van der Waals surface area contributed by atoms with Crippen molar-refractivity contribution in [3.8, 4) is 5.75 Å². The summed E-state index contributed by atoms with van der Waals surface area (Å²) in [5.41, 5.74) is 0.996. The van der Waals surface area contributed by atoms with E-state index in [2.05, 4.69) is 25.0 Å². The third kappa shape index (κ3) is 3.59. The minimum Gasteiger partial charge on any atom is -0.491 e. The largest absolute Gasteiger partial charge is 0.491 e. The molecule has 140 valence electrons. The SMILES string of the molecule is CCOc1ccc(CN2CCC(c3nnc4n3CCNC4)CC2)cc1F. The molecule has 0 spiro atoms. The van der Waals surface area contributed by atoms with E-state index in [4.69, 9.17) is 4.74 Å². The first-order chi connectivity index (χ1) is 12.7. The van der Waals surface area contributed by atoms with Crippen molar-refractivity contribution in [2.45, 2.75) is 45.3 Å². The molecule has 0 saturated carbocycles. The number of halogens is 1. The number of hydrogen-bond acceptors (Lipinski definition) is 5. The first-order valence-corrected chi connectivity index (χ1v) is 9.51. The fourth-order valence-corrected chi connectivity index (χ4v) is 3.94. The van der Waals surface area contributed by atoms with Crippen LogP contribution in [0.25, 0.3) is 0 Å². The standard InChI is InChI=1S/C19H26FN5O/c1-2-26-17-4-3-14(11-16(17)20)13-24-8-5-15(6-9-24)19-23-22-18-12-21-7-10-25(18)19/h3-4,11,15,21H,2,5-10,12-13H2,1H3. The number of fused-ring (bicyclic) bond motifs is 1. The van der Waals surface area contributed by atoms with Crippen LogP contribution in [-0.4, -0.2) is 45.9 Å². The van der Waals surface area contributed by atoms with Crippen molar-refractivity contribution < 1.29 is 9.13 Å². The number of piperidine rings is 1. The number of nitrogens with one attached hydrogen (secondary N) is 1. The molecule has 0 unspecified atom stereocenters. The van der Waals surface area contributed by atoms with Crippen molar-refractivity contribution in [3.63, 3.8) is 0 Å². The fraction of sp³-hybridized carbons (Fsp3) is 0.579. The summed E-state index contributed by atoms with van der Waals surface area (Å²) in [6.45, 7) is 7.88. The molecule has 1 fully saturated rings. The van der Waals surface area contributed by atoms with Gasteiger partial charge >= 0.3 is 0 Å². The Kier molecular flexibility index (Phi) is 5.17. The van der Waals surface area contributed by atoms with Crippen molar-refractivity contribution in [3.05, 3.63) is 41.2 Å². The zero-order valence-corrected chi connectivity index (χ0v) is 15.2. The molecule has 3 heterocycles. The number of hydrogen-bond donors (Lipinski definition) is 1. The van der Waals surface area contributed by atoms with E-state index in [1.54, 1.807) is 12.1 Å². The molecule has 6 nitrogen and oxygen atoms in total. The van der Waals surface area contributed by atoms with Gasteiger partial charge in [0.25, 0.3) is 0 Å². The van der Waals surface area contributed by atoms with Crippen molar-refractivity contribution in [2.24, 2.45) is 0 Å². The molecule has 0 bridgehead atoms.